The molecule has 1 amide bonds. The van der Waals surface area contributed by atoms with Gasteiger partial charge in [-0.25, -0.2) is 0 Å². The van der Waals surface area contributed by atoms with E-state index in [1.165, 1.54) is 36.9 Å². The molecule has 134 valence electrons. The molecule has 4 heterocycles. The van der Waals surface area contributed by atoms with Gasteiger partial charge >= 0.3 is 0 Å². The lowest BCUT2D eigenvalue weighted by molar-refractivity contribution is 0.0591. The highest BCUT2D eigenvalue weighted by Crippen LogP contribution is 2.23. The van der Waals surface area contributed by atoms with Crippen LogP contribution in [0.4, 0.5) is 0 Å². The molecule has 0 aliphatic carbocycles. The fourth-order valence-corrected chi connectivity index (χ4v) is 4.33. The number of likely N-dealkylation sites (tertiary alicyclic amines) is 2. The number of carbonyl (C=O) groups is 1. The molecule has 0 atom stereocenters. The number of aromatic amines is 1. The Labute approximate surface area is 147 Å². The summed E-state index contributed by atoms with van der Waals surface area (Å²) in [6.07, 6.45) is 9.48. The normalized spacial score (nSPS) is 20.3. The van der Waals surface area contributed by atoms with Crippen LogP contribution in [0.15, 0.2) is 23.3 Å². The van der Waals surface area contributed by atoms with Gasteiger partial charge in [0, 0.05) is 44.0 Å². The molecular weight excluding hydrogens is 316 g/mol. The van der Waals surface area contributed by atoms with E-state index in [1.54, 1.807) is 19.4 Å². The standard InChI is InChI=1S/C19H26N4O2/c1-21-13-16(15-5-8-20-17(15)19(21)25)18(24)23-11-6-14(7-12-23)22-9-3-2-4-10-22/h5,8,13-14,20H,2-4,6-7,9-12H2,1H3. The zero-order valence-electron chi connectivity index (χ0n) is 14.8. The molecule has 4 rings (SSSR count). The third-order valence-electron chi connectivity index (χ3n) is 5.78. The van der Waals surface area contributed by atoms with Crippen LogP contribution in [0.2, 0.25) is 0 Å². The van der Waals surface area contributed by atoms with Gasteiger partial charge < -0.3 is 19.4 Å². The number of hydrogen-bond donors (Lipinski definition) is 1. The van der Waals surface area contributed by atoms with Gasteiger partial charge in [-0.2, -0.15) is 0 Å². The van der Waals surface area contributed by atoms with Crippen LogP contribution in [0.5, 0.6) is 0 Å². The first-order valence-corrected chi connectivity index (χ1v) is 9.35. The predicted molar refractivity (Wildman–Crippen MR) is 97.9 cm³/mol. The zero-order chi connectivity index (χ0) is 17.4. The first kappa shape index (κ1) is 16.4. The predicted octanol–water partition coefficient (Wildman–Crippen LogP) is 1.96. The summed E-state index contributed by atoms with van der Waals surface area (Å²) in [6, 6.07) is 2.45. The molecule has 2 saturated heterocycles. The maximum atomic E-state index is 13.0. The van der Waals surface area contributed by atoms with Crippen LogP contribution in [-0.2, 0) is 7.05 Å². The van der Waals surface area contributed by atoms with Crippen molar-refractivity contribution in [2.45, 2.75) is 38.1 Å². The van der Waals surface area contributed by atoms with Crippen molar-refractivity contribution >= 4 is 16.8 Å². The van der Waals surface area contributed by atoms with E-state index >= 15 is 0 Å². The largest absolute Gasteiger partial charge is 0.357 e. The number of H-pyrrole nitrogens is 1. The van der Waals surface area contributed by atoms with Gasteiger partial charge in [0.2, 0.25) is 0 Å². The van der Waals surface area contributed by atoms with Crippen LogP contribution in [0.1, 0.15) is 42.5 Å². The Hall–Kier alpha value is -2.08. The van der Waals surface area contributed by atoms with Crippen LogP contribution in [0.3, 0.4) is 0 Å². The summed E-state index contributed by atoms with van der Waals surface area (Å²) in [5.74, 6) is 0.0392. The maximum absolute atomic E-state index is 13.0. The number of amides is 1. The smallest absolute Gasteiger partial charge is 0.274 e. The highest BCUT2D eigenvalue weighted by atomic mass is 16.2. The quantitative estimate of drug-likeness (QED) is 0.907. The molecule has 25 heavy (non-hydrogen) atoms. The maximum Gasteiger partial charge on any atom is 0.274 e. The average Bonchev–Trinajstić information content (AvgIpc) is 3.15. The number of nitrogens with one attached hydrogen (secondary N) is 1. The minimum absolute atomic E-state index is 0.0392. The molecule has 2 aliphatic heterocycles. The summed E-state index contributed by atoms with van der Waals surface area (Å²) in [4.78, 5) is 32.7. The number of piperidine rings is 2. The van der Waals surface area contributed by atoms with Crippen molar-refractivity contribution in [3.63, 3.8) is 0 Å². The number of pyridine rings is 1. The SMILES string of the molecule is Cn1cc(C(=O)N2CCC(N3CCCCC3)CC2)c2cc[nH]c2c1=O. The third-order valence-corrected chi connectivity index (χ3v) is 5.78. The number of carbonyl (C=O) groups excluding carboxylic acids is 1. The summed E-state index contributed by atoms with van der Waals surface area (Å²) in [7, 11) is 1.70. The van der Waals surface area contributed by atoms with Crippen molar-refractivity contribution in [1.29, 1.82) is 0 Å². The summed E-state index contributed by atoms with van der Waals surface area (Å²) >= 11 is 0. The Morgan fingerprint density at radius 1 is 1.12 bits per heavy atom. The summed E-state index contributed by atoms with van der Waals surface area (Å²) in [5, 5.41) is 0.728. The fraction of sp³-hybridized carbons (Fsp3) is 0.579. The molecule has 0 radical (unpaired) electrons. The van der Waals surface area contributed by atoms with Gasteiger partial charge in [-0.3, -0.25) is 9.59 Å². The lowest BCUT2D eigenvalue weighted by Gasteiger charge is -2.40. The summed E-state index contributed by atoms with van der Waals surface area (Å²) in [5.41, 5.74) is 1.03. The number of hydrogen-bond acceptors (Lipinski definition) is 3. The first-order chi connectivity index (χ1) is 12.1. The lowest BCUT2D eigenvalue weighted by Crippen LogP contribution is -2.48. The molecule has 2 aromatic rings. The highest BCUT2D eigenvalue weighted by molar-refractivity contribution is 6.05. The van der Waals surface area contributed by atoms with E-state index in [9.17, 15) is 9.59 Å². The molecule has 6 nitrogen and oxygen atoms in total. The fourth-order valence-electron chi connectivity index (χ4n) is 4.33. The average molecular weight is 342 g/mol. The molecule has 0 saturated carbocycles. The van der Waals surface area contributed by atoms with Gasteiger partial charge in [-0.1, -0.05) is 6.42 Å². The van der Waals surface area contributed by atoms with E-state index < -0.39 is 0 Å². The Kier molecular flexibility index (Phi) is 4.37. The minimum Gasteiger partial charge on any atom is -0.357 e. The van der Waals surface area contributed by atoms with Crippen LogP contribution < -0.4 is 5.56 Å². The topological polar surface area (TPSA) is 61.3 Å². The van der Waals surface area contributed by atoms with E-state index in [0.29, 0.717) is 17.1 Å². The second-order valence-corrected chi connectivity index (χ2v) is 7.35. The number of aromatic nitrogens is 2. The second kappa shape index (κ2) is 6.67. The van der Waals surface area contributed by atoms with Crippen molar-refractivity contribution in [1.82, 2.24) is 19.4 Å². The molecule has 0 unspecified atom stereocenters. The number of aryl methyl sites for hydroxylation is 1. The summed E-state index contributed by atoms with van der Waals surface area (Å²) < 4.78 is 1.49. The monoisotopic (exact) mass is 342 g/mol. The first-order valence-electron chi connectivity index (χ1n) is 9.35. The third kappa shape index (κ3) is 2.99. The second-order valence-electron chi connectivity index (χ2n) is 7.35. The highest BCUT2D eigenvalue weighted by Gasteiger charge is 2.29. The Morgan fingerprint density at radius 2 is 1.84 bits per heavy atom. The minimum atomic E-state index is -0.0969. The molecule has 2 aliphatic rings. The van der Waals surface area contributed by atoms with Gasteiger partial charge in [-0.15, -0.1) is 0 Å². The van der Waals surface area contributed by atoms with Gasteiger partial charge in [0.25, 0.3) is 11.5 Å². The van der Waals surface area contributed by atoms with Crippen molar-refractivity contribution in [2.24, 2.45) is 7.05 Å². The van der Waals surface area contributed by atoms with Gasteiger partial charge in [-0.05, 0) is 44.8 Å². The number of fused-ring (bicyclic) bond motifs is 1. The molecule has 0 spiro atoms. The van der Waals surface area contributed by atoms with E-state index in [-0.39, 0.29) is 11.5 Å². The van der Waals surface area contributed by atoms with E-state index in [1.807, 2.05) is 11.0 Å². The van der Waals surface area contributed by atoms with Crippen molar-refractivity contribution < 1.29 is 4.79 Å². The molecule has 2 fully saturated rings. The number of rotatable bonds is 2. The molecule has 0 bridgehead atoms. The Bertz CT molecular complexity index is 824. The van der Waals surface area contributed by atoms with E-state index in [2.05, 4.69) is 9.88 Å². The van der Waals surface area contributed by atoms with Crippen LogP contribution in [-0.4, -0.2) is 57.5 Å². The summed E-state index contributed by atoms with van der Waals surface area (Å²) in [6.45, 7) is 4.02. The molecular formula is C19H26N4O2. The molecule has 6 heteroatoms. The molecule has 1 N–H and O–H groups in total. The Morgan fingerprint density at radius 3 is 2.56 bits per heavy atom. The van der Waals surface area contributed by atoms with Gasteiger partial charge in [0.05, 0.1) is 5.56 Å². The van der Waals surface area contributed by atoms with Crippen LogP contribution in [0.25, 0.3) is 10.9 Å². The Balaban J connectivity index is 1.50. The number of nitrogens with zero attached hydrogens (tertiary/aromatic N) is 3. The van der Waals surface area contributed by atoms with Crippen LogP contribution in [0, 0.1) is 0 Å². The van der Waals surface area contributed by atoms with Crippen molar-refractivity contribution in [2.75, 3.05) is 26.2 Å². The van der Waals surface area contributed by atoms with Crippen LogP contribution >= 0.6 is 0 Å². The van der Waals surface area contributed by atoms with E-state index in [0.717, 1.165) is 31.3 Å². The van der Waals surface area contributed by atoms with E-state index in [4.69, 9.17) is 0 Å². The zero-order valence-corrected chi connectivity index (χ0v) is 14.8. The molecule has 0 aromatic carbocycles. The van der Waals surface area contributed by atoms with Gasteiger partial charge in [0.15, 0.2) is 0 Å². The van der Waals surface area contributed by atoms with Crippen molar-refractivity contribution in [3.8, 4) is 0 Å². The van der Waals surface area contributed by atoms with Crippen molar-refractivity contribution in [3.05, 3.63) is 34.4 Å². The molecule has 2 aromatic heterocycles. The van der Waals surface area contributed by atoms with Gasteiger partial charge in [0.1, 0.15) is 5.52 Å². The lowest BCUT2D eigenvalue weighted by atomic mass is 9.99.